The summed E-state index contributed by atoms with van der Waals surface area (Å²) < 4.78 is 23.0. The Morgan fingerprint density at radius 2 is 1.52 bits per heavy atom. The summed E-state index contributed by atoms with van der Waals surface area (Å²) in [5, 5.41) is 0. The van der Waals surface area contributed by atoms with E-state index >= 15 is 0 Å². The number of hydrogen-bond donors (Lipinski definition) is 0. The first kappa shape index (κ1) is 19.6. The van der Waals surface area contributed by atoms with Crippen LogP contribution in [0.15, 0.2) is 0 Å². The van der Waals surface area contributed by atoms with Crippen LogP contribution in [0.3, 0.4) is 0 Å². The average Bonchev–Trinajstić information content (AvgIpc) is 2.54. The van der Waals surface area contributed by atoms with Crippen molar-refractivity contribution < 1.29 is 18.9 Å². The molecule has 1 aliphatic carbocycles. The van der Waals surface area contributed by atoms with Crippen LogP contribution in [0.5, 0.6) is 0 Å². The maximum absolute atomic E-state index is 6.16. The number of halogens is 1. The maximum Gasteiger partial charge on any atom is 0.0772 e. The van der Waals surface area contributed by atoms with E-state index in [2.05, 4.69) is 29.5 Å². The number of alkyl halides is 1. The molecule has 1 fully saturated rings. The summed E-state index contributed by atoms with van der Waals surface area (Å²) in [5.74, 6) is 0.908. The lowest BCUT2D eigenvalue weighted by Gasteiger charge is -2.38. The second-order valence-corrected chi connectivity index (χ2v) is 6.50. The molecule has 0 aromatic heterocycles. The van der Waals surface area contributed by atoms with Gasteiger partial charge < -0.3 is 18.9 Å². The first-order valence-electron chi connectivity index (χ1n) is 8.10. The van der Waals surface area contributed by atoms with Crippen molar-refractivity contribution >= 4 is 22.6 Å². The van der Waals surface area contributed by atoms with Crippen molar-refractivity contribution in [3.8, 4) is 0 Å². The molecule has 0 saturated heterocycles. The highest BCUT2D eigenvalue weighted by Gasteiger charge is 2.34. The van der Waals surface area contributed by atoms with Crippen molar-refractivity contribution in [3.05, 3.63) is 0 Å². The average molecular weight is 414 g/mol. The molecule has 0 spiro atoms. The summed E-state index contributed by atoms with van der Waals surface area (Å²) in [6.45, 7) is 6.17. The molecule has 0 bridgehead atoms. The van der Waals surface area contributed by atoms with E-state index < -0.39 is 0 Å². The Kier molecular flexibility index (Phi) is 11.3. The molecule has 0 heterocycles. The van der Waals surface area contributed by atoms with E-state index in [9.17, 15) is 0 Å². The van der Waals surface area contributed by atoms with E-state index in [0.717, 1.165) is 10.3 Å². The fourth-order valence-corrected chi connectivity index (χ4v) is 3.69. The highest BCUT2D eigenvalue weighted by atomic mass is 127. The van der Waals surface area contributed by atoms with Crippen LogP contribution in [0, 0.1) is 5.92 Å². The monoisotopic (exact) mass is 414 g/mol. The second-order valence-electron chi connectivity index (χ2n) is 5.73. The SMILES string of the molecule is CCC1CCC(CI)(OCCOCCOCCOC)CC1. The molecule has 1 rings (SSSR count). The molecule has 1 saturated carbocycles. The van der Waals surface area contributed by atoms with Crippen LogP contribution in [0.25, 0.3) is 0 Å². The van der Waals surface area contributed by atoms with Gasteiger partial charge in [0.25, 0.3) is 0 Å². The molecule has 5 heteroatoms. The van der Waals surface area contributed by atoms with E-state index in [1.165, 1.54) is 32.1 Å². The lowest BCUT2D eigenvalue weighted by Crippen LogP contribution is -2.39. The quantitative estimate of drug-likeness (QED) is 0.279. The third-order valence-electron chi connectivity index (χ3n) is 4.28. The summed E-state index contributed by atoms with van der Waals surface area (Å²) >= 11 is 2.47. The standard InChI is InChI=1S/C16H31IO4/c1-3-15-4-6-16(14-17,7-5-15)21-13-12-20-11-10-19-9-8-18-2/h15H,3-14H2,1-2H3. The van der Waals surface area contributed by atoms with Gasteiger partial charge in [0.2, 0.25) is 0 Å². The Hall–Kier alpha value is 0.570. The molecule has 1 aliphatic rings. The van der Waals surface area contributed by atoms with Gasteiger partial charge in [-0.25, -0.2) is 0 Å². The van der Waals surface area contributed by atoms with Gasteiger partial charge in [0.1, 0.15) is 0 Å². The van der Waals surface area contributed by atoms with Crippen molar-refractivity contribution in [1.29, 1.82) is 0 Å². The molecule has 0 N–H and O–H groups in total. The third-order valence-corrected chi connectivity index (χ3v) is 5.67. The van der Waals surface area contributed by atoms with E-state index in [1.54, 1.807) is 7.11 Å². The first-order valence-corrected chi connectivity index (χ1v) is 9.63. The van der Waals surface area contributed by atoms with Gasteiger partial charge in [-0.15, -0.1) is 0 Å². The maximum atomic E-state index is 6.16. The highest BCUT2D eigenvalue weighted by molar-refractivity contribution is 14.1. The zero-order valence-electron chi connectivity index (χ0n) is 13.6. The molecule has 21 heavy (non-hydrogen) atoms. The largest absolute Gasteiger partial charge is 0.382 e. The normalized spacial score (nSPS) is 26.1. The van der Waals surface area contributed by atoms with Crippen LogP contribution in [0.2, 0.25) is 0 Å². The molecule has 126 valence electrons. The van der Waals surface area contributed by atoms with E-state index in [-0.39, 0.29) is 5.60 Å². The molecule has 4 nitrogen and oxygen atoms in total. The van der Waals surface area contributed by atoms with Crippen LogP contribution in [0.4, 0.5) is 0 Å². The van der Waals surface area contributed by atoms with E-state index in [4.69, 9.17) is 18.9 Å². The van der Waals surface area contributed by atoms with Crippen molar-refractivity contribution in [2.24, 2.45) is 5.92 Å². The summed E-state index contributed by atoms with van der Waals surface area (Å²) in [6, 6.07) is 0. The van der Waals surface area contributed by atoms with Gasteiger partial charge in [-0.05, 0) is 31.6 Å². The molecule has 0 atom stereocenters. The topological polar surface area (TPSA) is 36.9 Å². The fraction of sp³-hybridized carbons (Fsp3) is 1.00. The lowest BCUT2D eigenvalue weighted by molar-refractivity contribution is -0.0814. The van der Waals surface area contributed by atoms with Crippen LogP contribution in [-0.4, -0.2) is 56.8 Å². The third kappa shape index (κ3) is 8.11. The summed E-state index contributed by atoms with van der Waals surface area (Å²) in [6.07, 6.45) is 6.34. The highest BCUT2D eigenvalue weighted by Crippen LogP contribution is 2.37. The molecule has 0 aromatic rings. The predicted octanol–water partition coefficient (Wildman–Crippen LogP) is 3.46. The predicted molar refractivity (Wildman–Crippen MR) is 93.3 cm³/mol. The molecular weight excluding hydrogens is 383 g/mol. The molecule has 0 amide bonds. The number of methoxy groups -OCH3 is 1. The van der Waals surface area contributed by atoms with Gasteiger partial charge in [0.15, 0.2) is 0 Å². The Morgan fingerprint density at radius 1 is 0.952 bits per heavy atom. The zero-order chi connectivity index (χ0) is 15.4. The fourth-order valence-electron chi connectivity index (χ4n) is 2.71. The van der Waals surface area contributed by atoms with Gasteiger partial charge in [0, 0.05) is 11.5 Å². The Morgan fingerprint density at radius 3 is 2.05 bits per heavy atom. The summed E-state index contributed by atoms with van der Waals surface area (Å²) in [4.78, 5) is 0. The zero-order valence-corrected chi connectivity index (χ0v) is 15.7. The number of ether oxygens (including phenoxy) is 4. The lowest BCUT2D eigenvalue weighted by atomic mass is 9.79. The van der Waals surface area contributed by atoms with E-state index in [1.807, 2.05) is 0 Å². The van der Waals surface area contributed by atoms with Crippen LogP contribution in [-0.2, 0) is 18.9 Å². The van der Waals surface area contributed by atoms with Gasteiger partial charge in [-0.3, -0.25) is 0 Å². The molecular formula is C16H31IO4. The van der Waals surface area contributed by atoms with E-state index in [0.29, 0.717) is 39.6 Å². The Bertz CT molecular complexity index is 242. The van der Waals surface area contributed by atoms with Gasteiger partial charge in [0.05, 0.1) is 45.2 Å². The molecule has 0 aromatic carbocycles. The molecule has 0 radical (unpaired) electrons. The Labute approximate surface area is 143 Å². The van der Waals surface area contributed by atoms with Crippen molar-refractivity contribution in [1.82, 2.24) is 0 Å². The smallest absolute Gasteiger partial charge is 0.0772 e. The number of rotatable bonds is 12. The minimum atomic E-state index is 0.102. The van der Waals surface area contributed by atoms with Crippen molar-refractivity contribution in [2.75, 3.05) is 51.2 Å². The minimum Gasteiger partial charge on any atom is -0.382 e. The van der Waals surface area contributed by atoms with Gasteiger partial charge in [-0.1, -0.05) is 35.9 Å². The van der Waals surface area contributed by atoms with Crippen molar-refractivity contribution in [3.63, 3.8) is 0 Å². The van der Waals surface area contributed by atoms with Crippen LogP contribution < -0.4 is 0 Å². The van der Waals surface area contributed by atoms with Crippen molar-refractivity contribution in [2.45, 2.75) is 44.6 Å². The molecule has 0 unspecified atom stereocenters. The summed E-state index contributed by atoms with van der Waals surface area (Å²) in [5.41, 5.74) is 0.102. The summed E-state index contributed by atoms with van der Waals surface area (Å²) in [7, 11) is 1.67. The van der Waals surface area contributed by atoms with Gasteiger partial charge >= 0.3 is 0 Å². The van der Waals surface area contributed by atoms with Crippen LogP contribution >= 0.6 is 22.6 Å². The van der Waals surface area contributed by atoms with Crippen LogP contribution in [0.1, 0.15) is 39.0 Å². The number of hydrogen-bond acceptors (Lipinski definition) is 4. The Balaban J connectivity index is 2.02. The second kappa shape index (κ2) is 12.0. The van der Waals surface area contributed by atoms with Gasteiger partial charge in [-0.2, -0.15) is 0 Å². The molecule has 0 aliphatic heterocycles. The minimum absolute atomic E-state index is 0.102. The first-order chi connectivity index (χ1) is 10.3.